The molecule has 80 valence electrons. The second-order valence-corrected chi connectivity index (χ2v) is 3.70. The van der Waals surface area contributed by atoms with E-state index in [1.807, 2.05) is 37.3 Å². The number of aryl methyl sites for hydroxylation is 1. The van der Waals surface area contributed by atoms with E-state index in [0.29, 0.717) is 5.56 Å². The molecule has 0 fully saturated rings. The first kappa shape index (κ1) is 14.0. The minimum atomic E-state index is 0. The van der Waals surface area contributed by atoms with Gasteiger partial charge >= 0.3 is 29.6 Å². The summed E-state index contributed by atoms with van der Waals surface area (Å²) in [5, 5.41) is 11.4. The van der Waals surface area contributed by atoms with E-state index in [-0.39, 0.29) is 35.3 Å². The van der Waals surface area contributed by atoms with E-state index in [2.05, 4.69) is 4.99 Å². The number of rotatable bonds is 2. The molecule has 17 heavy (non-hydrogen) atoms. The number of hydrogen-bond donors (Lipinski definition) is 1. The van der Waals surface area contributed by atoms with Crippen LogP contribution in [0.25, 0.3) is 0 Å². The summed E-state index contributed by atoms with van der Waals surface area (Å²) in [6.45, 7) is 2.03. The Bertz CT molecular complexity index is 523. The van der Waals surface area contributed by atoms with Gasteiger partial charge in [-0.25, -0.2) is 4.99 Å². The first-order chi connectivity index (χ1) is 7.75. The number of hydrogen-bond acceptors (Lipinski definition) is 1. The van der Waals surface area contributed by atoms with Crippen LogP contribution < -0.4 is 39.7 Å². The van der Waals surface area contributed by atoms with Crippen molar-refractivity contribution in [3.8, 4) is 5.75 Å². The van der Waals surface area contributed by atoms with Crippen LogP contribution in [-0.4, -0.2) is 6.21 Å². The Kier molecular flexibility index (Phi) is 5.42. The fraction of sp³-hybridized carbons (Fsp3) is 0.0714. The van der Waals surface area contributed by atoms with Gasteiger partial charge in [0.25, 0.3) is 0 Å². The SMILES string of the molecule is Cc1cccc([NH+]=Cc2ccccc2[O-])c1.[Na+]. The minimum Gasteiger partial charge on any atom is -0.872 e. The van der Waals surface area contributed by atoms with Gasteiger partial charge in [-0.05, 0) is 18.6 Å². The van der Waals surface area contributed by atoms with Gasteiger partial charge < -0.3 is 5.11 Å². The summed E-state index contributed by atoms with van der Waals surface area (Å²) in [7, 11) is 0. The fourth-order valence-electron chi connectivity index (χ4n) is 1.50. The largest absolute Gasteiger partial charge is 1.00 e. The molecule has 0 atom stereocenters. The van der Waals surface area contributed by atoms with Crippen LogP contribution in [0.2, 0.25) is 0 Å². The zero-order valence-corrected chi connectivity index (χ0v) is 12.1. The molecule has 2 rings (SSSR count). The average molecular weight is 234 g/mol. The van der Waals surface area contributed by atoms with Gasteiger partial charge in [-0.3, -0.25) is 0 Å². The van der Waals surface area contributed by atoms with Crippen molar-refractivity contribution in [2.24, 2.45) is 0 Å². The Hall–Kier alpha value is -1.09. The van der Waals surface area contributed by atoms with E-state index < -0.39 is 0 Å². The van der Waals surface area contributed by atoms with Crippen LogP contribution in [0, 0.1) is 6.92 Å². The molecule has 0 saturated heterocycles. The van der Waals surface area contributed by atoms with Crippen LogP contribution in [0.15, 0.2) is 48.5 Å². The van der Waals surface area contributed by atoms with Crippen molar-refractivity contribution in [2.75, 3.05) is 0 Å². The van der Waals surface area contributed by atoms with E-state index in [1.165, 1.54) is 5.56 Å². The van der Waals surface area contributed by atoms with Gasteiger partial charge in [0.1, 0.15) is 0 Å². The molecule has 0 amide bonds. The molecule has 0 aliphatic rings. The quantitative estimate of drug-likeness (QED) is 0.469. The number of para-hydroxylation sites is 1. The molecular weight excluding hydrogens is 221 g/mol. The molecule has 0 aromatic heterocycles. The monoisotopic (exact) mass is 234 g/mol. The fourth-order valence-corrected chi connectivity index (χ4v) is 1.50. The molecule has 2 aromatic carbocycles. The zero-order chi connectivity index (χ0) is 11.4. The maximum atomic E-state index is 11.4. The van der Waals surface area contributed by atoms with Gasteiger partial charge in [0.15, 0.2) is 6.21 Å². The molecule has 0 saturated carbocycles. The molecule has 2 aromatic rings. The Morgan fingerprint density at radius 1 is 1.06 bits per heavy atom. The maximum absolute atomic E-state index is 11.4. The smallest absolute Gasteiger partial charge is 0.872 e. The van der Waals surface area contributed by atoms with E-state index in [0.717, 1.165) is 5.69 Å². The number of nitrogens with one attached hydrogen (secondary N) is 1. The maximum Gasteiger partial charge on any atom is 1.00 e. The molecule has 0 aliphatic carbocycles. The third kappa shape index (κ3) is 4.00. The molecule has 0 heterocycles. The van der Waals surface area contributed by atoms with Crippen molar-refractivity contribution in [1.29, 1.82) is 0 Å². The summed E-state index contributed by atoms with van der Waals surface area (Å²) in [6.07, 6.45) is 1.73. The molecule has 0 aliphatic heterocycles. The molecule has 0 radical (unpaired) electrons. The molecule has 2 nitrogen and oxygen atoms in total. The second kappa shape index (κ2) is 6.60. The Labute approximate surface area is 123 Å². The van der Waals surface area contributed by atoms with Crippen molar-refractivity contribution in [3.63, 3.8) is 0 Å². The van der Waals surface area contributed by atoms with Crippen LogP contribution in [0.1, 0.15) is 11.1 Å². The zero-order valence-electron chi connectivity index (χ0n) is 10.1. The van der Waals surface area contributed by atoms with Crippen molar-refractivity contribution >= 4 is 11.9 Å². The molecule has 0 spiro atoms. The summed E-state index contributed by atoms with van der Waals surface area (Å²) >= 11 is 0. The topological polar surface area (TPSA) is 37.0 Å². The van der Waals surface area contributed by atoms with Crippen molar-refractivity contribution in [3.05, 3.63) is 59.7 Å². The van der Waals surface area contributed by atoms with E-state index >= 15 is 0 Å². The van der Waals surface area contributed by atoms with Crippen LogP contribution in [0.3, 0.4) is 0 Å². The minimum absolute atomic E-state index is 0. The van der Waals surface area contributed by atoms with E-state index in [1.54, 1.807) is 24.4 Å². The van der Waals surface area contributed by atoms with Gasteiger partial charge in [0.05, 0.1) is 0 Å². The van der Waals surface area contributed by atoms with Crippen LogP contribution >= 0.6 is 0 Å². The Balaban J connectivity index is 0.00000144. The third-order valence-electron chi connectivity index (χ3n) is 2.33. The summed E-state index contributed by atoms with van der Waals surface area (Å²) in [5.41, 5.74) is 2.85. The van der Waals surface area contributed by atoms with Crippen LogP contribution in [0.4, 0.5) is 5.69 Å². The molecule has 3 heteroatoms. The van der Waals surface area contributed by atoms with Crippen molar-refractivity contribution < 1.29 is 39.7 Å². The summed E-state index contributed by atoms with van der Waals surface area (Å²) < 4.78 is 0. The van der Waals surface area contributed by atoms with Gasteiger partial charge in [0, 0.05) is 17.7 Å². The Morgan fingerprint density at radius 3 is 2.53 bits per heavy atom. The van der Waals surface area contributed by atoms with Gasteiger partial charge in [-0.15, -0.1) is 0 Å². The first-order valence-electron chi connectivity index (χ1n) is 5.18. The predicted molar refractivity (Wildman–Crippen MR) is 62.9 cm³/mol. The molecule has 1 N–H and O–H groups in total. The van der Waals surface area contributed by atoms with Crippen molar-refractivity contribution in [1.82, 2.24) is 0 Å². The molecule has 0 bridgehead atoms. The average Bonchev–Trinajstić information content (AvgIpc) is 2.28. The summed E-state index contributed by atoms with van der Waals surface area (Å²) in [4.78, 5) is 3.12. The molecule has 0 unspecified atom stereocenters. The van der Waals surface area contributed by atoms with Gasteiger partial charge in [-0.1, -0.05) is 36.1 Å². The van der Waals surface area contributed by atoms with Gasteiger partial charge in [-0.2, -0.15) is 0 Å². The molecular formula is C14H13NNaO+. The standard InChI is InChI=1S/C14H13NO.Na/c1-11-5-4-7-13(9-11)15-10-12-6-2-3-8-14(12)16;/h2-10,16H,1H3;/q;+1. The normalized spacial score (nSPS) is 10.2. The third-order valence-corrected chi connectivity index (χ3v) is 2.33. The van der Waals surface area contributed by atoms with Crippen molar-refractivity contribution in [2.45, 2.75) is 6.92 Å². The van der Waals surface area contributed by atoms with E-state index in [9.17, 15) is 5.11 Å². The van der Waals surface area contributed by atoms with E-state index in [4.69, 9.17) is 0 Å². The Morgan fingerprint density at radius 2 is 1.82 bits per heavy atom. The second-order valence-electron chi connectivity index (χ2n) is 3.70. The predicted octanol–water partition coefficient (Wildman–Crippen LogP) is -2.10. The van der Waals surface area contributed by atoms with Crippen LogP contribution in [0.5, 0.6) is 5.75 Å². The first-order valence-corrected chi connectivity index (χ1v) is 5.18. The number of benzene rings is 2. The van der Waals surface area contributed by atoms with Crippen LogP contribution in [-0.2, 0) is 0 Å². The summed E-state index contributed by atoms with van der Waals surface area (Å²) in [5.74, 6) is 0.0302. The van der Waals surface area contributed by atoms with Gasteiger partial charge in [0.2, 0.25) is 5.69 Å². The summed E-state index contributed by atoms with van der Waals surface area (Å²) in [6, 6.07) is 15.0.